The molecule has 2 aliphatic carbocycles. The Balaban J connectivity index is 1.76. The van der Waals surface area contributed by atoms with Crippen molar-refractivity contribution in [1.29, 1.82) is 0 Å². The predicted octanol–water partition coefficient (Wildman–Crippen LogP) is 1.63. The predicted molar refractivity (Wildman–Crippen MR) is 73.5 cm³/mol. The van der Waals surface area contributed by atoms with Crippen molar-refractivity contribution in [3.63, 3.8) is 0 Å². The molecule has 2 N–H and O–H groups in total. The van der Waals surface area contributed by atoms with Crippen LogP contribution in [0.15, 0.2) is 11.0 Å². The monoisotopic (exact) mass is 283 g/mol. The van der Waals surface area contributed by atoms with Crippen LogP contribution in [0.1, 0.15) is 32.1 Å². The van der Waals surface area contributed by atoms with Gasteiger partial charge < -0.3 is 10.4 Å². The number of aliphatic hydroxyl groups is 1. The summed E-state index contributed by atoms with van der Waals surface area (Å²) < 4.78 is 1.47. The molecule has 1 heterocycles. The number of nitrogens with zero attached hydrogens (tertiary/aromatic N) is 2. The molecule has 2 saturated carbocycles. The first kappa shape index (κ1) is 12.9. The SMILES string of the molecule is O=c1c(NCC2(O)CCC2)c(Cl)cnn1CC1CC1. The Morgan fingerprint density at radius 2 is 2.26 bits per heavy atom. The van der Waals surface area contributed by atoms with Crippen LogP contribution >= 0.6 is 11.6 Å². The Kier molecular flexibility index (Phi) is 3.27. The minimum absolute atomic E-state index is 0.192. The molecule has 0 spiro atoms. The molecule has 5 nitrogen and oxygen atoms in total. The van der Waals surface area contributed by atoms with Crippen molar-refractivity contribution in [1.82, 2.24) is 9.78 Å². The summed E-state index contributed by atoms with van der Waals surface area (Å²) in [7, 11) is 0. The molecule has 0 unspecified atom stereocenters. The molecule has 2 aliphatic rings. The Bertz CT molecular complexity index is 535. The number of anilines is 1. The number of nitrogens with one attached hydrogen (secondary N) is 1. The lowest BCUT2D eigenvalue weighted by Crippen LogP contribution is -2.44. The normalized spacial score (nSPS) is 20.9. The van der Waals surface area contributed by atoms with Crippen molar-refractivity contribution in [3.05, 3.63) is 21.6 Å². The molecule has 0 saturated heterocycles. The quantitative estimate of drug-likeness (QED) is 0.862. The van der Waals surface area contributed by atoms with E-state index in [0.717, 1.165) is 19.3 Å². The van der Waals surface area contributed by atoms with E-state index < -0.39 is 5.60 Å². The van der Waals surface area contributed by atoms with E-state index in [9.17, 15) is 9.90 Å². The molecule has 3 rings (SSSR count). The molecular weight excluding hydrogens is 266 g/mol. The van der Waals surface area contributed by atoms with Crippen LogP contribution < -0.4 is 10.9 Å². The maximum atomic E-state index is 12.2. The number of halogens is 1. The maximum absolute atomic E-state index is 12.2. The summed E-state index contributed by atoms with van der Waals surface area (Å²) in [5, 5.41) is 17.4. The summed E-state index contributed by atoms with van der Waals surface area (Å²) >= 11 is 6.02. The highest BCUT2D eigenvalue weighted by molar-refractivity contribution is 6.32. The Morgan fingerprint density at radius 3 is 2.84 bits per heavy atom. The fraction of sp³-hybridized carbons (Fsp3) is 0.692. The van der Waals surface area contributed by atoms with Crippen LogP contribution in [0.5, 0.6) is 0 Å². The zero-order chi connectivity index (χ0) is 13.5. The van der Waals surface area contributed by atoms with Crippen LogP contribution in [-0.2, 0) is 6.54 Å². The van der Waals surface area contributed by atoms with Crippen molar-refractivity contribution in [2.75, 3.05) is 11.9 Å². The highest BCUT2D eigenvalue weighted by atomic mass is 35.5. The molecule has 0 aromatic carbocycles. The second-order valence-corrected chi connectivity index (χ2v) is 6.14. The van der Waals surface area contributed by atoms with E-state index in [0.29, 0.717) is 29.7 Å². The van der Waals surface area contributed by atoms with Gasteiger partial charge in [0.2, 0.25) is 0 Å². The third kappa shape index (κ3) is 2.77. The van der Waals surface area contributed by atoms with Crippen molar-refractivity contribution >= 4 is 17.3 Å². The largest absolute Gasteiger partial charge is 0.388 e. The molecular formula is C13H18ClN3O2. The van der Waals surface area contributed by atoms with E-state index >= 15 is 0 Å². The first-order chi connectivity index (χ1) is 9.07. The molecule has 0 radical (unpaired) electrons. The molecule has 19 heavy (non-hydrogen) atoms. The van der Waals surface area contributed by atoms with Gasteiger partial charge in [-0.05, 0) is 38.0 Å². The number of aromatic nitrogens is 2. The molecule has 104 valence electrons. The van der Waals surface area contributed by atoms with Crippen molar-refractivity contribution < 1.29 is 5.11 Å². The van der Waals surface area contributed by atoms with Crippen LogP contribution in [0.3, 0.4) is 0 Å². The van der Waals surface area contributed by atoms with E-state index in [1.807, 2.05) is 0 Å². The zero-order valence-electron chi connectivity index (χ0n) is 10.7. The Labute approximate surface area is 116 Å². The molecule has 0 bridgehead atoms. The van der Waals surface area contributed by atoms with E-state index in [1.54, 1.807) is 0 Å². The average molecular weight is 284 g/mol. The Hall–Kier alpha value is -1.07. The maximum Gasteiger partial charge on any atom is 0.291 e. The summed E-state index contributed by atoms with van der Waals surface area (Å²) in [6, 6.07) is 0. The highest BCUT2D eigenvalue weighted by Gasteiger charge is 2.34. The van der Waals surface area contributed by atoms with Gasteiger partial charge in [0.15, 0.2) is 0 Å². The van der Waals surface area contributed by atoms with Crippen LogP contribution in [0.4, 0.5) is 5.69 Å². The van der Waals surface area contributed by atoms with Crippen LogP contribution in [-0.4, -0.2) is 27.0 Å². The lowest BCUT2D eigenvalue weighted by atomic mass is 9.80. The Morgan fingerprint density at radius 1 is 1.53 bits per heavy atom. The first-order valence-corrected chi connectivity index (χ1v) is 7.17. The fourth-order valence-electron chi connectivity index (χ4n) is 2.32. The second-order valence-electron chi connectivity index (χ2n) is 5.73. The lowest BCUT2D eigenvalue weighted by molar-refractivity contribution is -0.0202. The van der Waals surface area contributed by atoms with Crippen LogP contribution in [0, 0.1) is 5.92 Å². The zero-order valence-corrected chi connectivity index (χ0v) is 11.5. The van der Waals surface area contributed by atoms with Gasteiger partial charge >= 0.3 is 0 Å². The van der Waals surface area contributed by atoms with Gasteiger partial charge in [-0.25, -0.2) is 4.68 Å². The van der Waals surface area contributed by atoms with Crippen LogP contribution in [0.25, 0.3) is 0 Å². The fourth-order valence-corrected chi connectivity index (χ4v) is 2.51. The summed E-state index contributed by atoms with van der Waals surface area (Å²) in [6.07, 6.45) is 6.42. The minimum atomic E-state index is -0.680. The van der Waals surface area contributed by atoms with Gasteiger partial charge in [0.05, 0.1) is 16.8 Å². The van der Waals surface area contributed by atoms with Gasteiger partial charge in [-0.3, -0.25) is 4.79 Å². The van der Waals surface area contributed by atoms with Gasteiger partial charge in [0.25, 0.3) is 5.56 Å². The topological polar surface area (TPSA) is 67.2 Å². The van der Waals surface area contributed by atoms with Gasteiger partial charge in [-0.15, -0.1) is 0 Å². The van der Waals surface area contributed by atoms with E-state index in [-0.39, 0.29) is 5.56 Å². The molecule has 0 aliphatic heterocycles. The third-order valence-corrected chi connectivity index (χ3v) is 4.29. The van der Waals surface area contributed by atoms with Crippen LogP contribution in [0.2, 0.25) is 5.02 Å². The summed E-state index contributed by atoms with van der Waals surface area (Å²) in [5.41, 5.74) is -0.514. The highest BCUT2D eigenvalue weighted by Crippen LogP contribution is 2.32. The van der Waals surface area contributed by atoms with Crippen molar-refractivity contribution in [3.8, 4) is 0 Å². The molecule has 0 amide bonds. The summed E-state index contributed by atoms with van der Waals surface area (Å²) in [5.74, 6) is 0.579. The molecule has 2 fully saturated rings. The van der Waals surface area contributed by atoms with E-state index in [1.165, 1.54) is 23.7 Å². The van der Waals surface area contributed by atoms with E-state index in [4.69, 9.17) is 11.6 Å². The first-order valence-electron chi connectivity index (χ1n) is 6.79. The summed E-state index contributed by atoms with van der Waals surface area (Å²) in [6.45, 7) is 1.03. The average Bonchev–Trinajstić information content (AvgIpc) is 3.14. The lowest BCUT2D eigenvalue weighted by Gasteiger charge is -2.36. The third-order valence-electron chi connectivity index (χ3n) is 4.00. The van der Waals surface area contributed by atoms with E-state index in [2.05, 4.69) is 10.4 Å². The molecule has 0 atom stereocenters. The summed E-state index contributed by atoms with van der Waals surface area (Å²) in [4.78, 5) is 12.2. The van der Waals surface area contributed by atoms with Crippen molar-refractivity contribution in [2.45, 2.75) is 44.2 Å². The number of hydrogen-bond acceptors (Lipinski definition) is 4. The van der Waals surface area contributed by atoms with Gasteiger partial charge in [0, 0.05) is 13.1 Å². The molecule has 1 aromatic heterocycles. The van der Waals surface area contributed by atoms with Crippen molar-refractivity contribution in [2.24, 2.45) is 5.92 Å². The smallest absolute Gasteiger partial charge is 0.291 e. The van der Waals surface area contributed by atoms with Gasteiger partial charge in [-0.1, -0.05) is 11.6 Å². The minimum Gasteiger partial charge on any atom is -0.388 e. The molecule has 6 heteroatoms. The van der Waals surface area contributed by atoms with Gasteiger partial charge in [-0.2, -0.15) is 5.10 Å². The molecule has 1 aromatic rings. The number of hydrogen-bond donors (Lipinski definition) is 2. The van der Waals surface area contributed by atoms with Gasteiger partial charge in [0.1, 0.15) is 5.69 Å². The standard InChI is InChI=1S/C13H18ClN3O2/c14-10-6-16-17(7-9-2-3-9)12(18)11(10)15-8-13(19)4-1-5-13/h6,9,15,19H,1-5,7-8H2. The second kappa shape index (κ2) is 4.80. The number of rotatable bonds is 5.